The molecule has 0 radical (unpaired) electrons. The molecule has 114 valence electrons. The van der Waals surface area contributed by atoms with Gasteiger partial charge in [-0.05, 0) is 18.8 Å². The van der Waals surface area contributed by atoms with Gasteiger partial charge in [-0.15, -0.1) is 0 Å². The summed E-state index contributed by atoms with van der Waals surface area (Å²) in [5.74, 6) is 1.51. The molecule has 1 aliphatic rings. The number of sulfonamides is 1. The number of aromatic nitrogens is 3. The number of methoxy groups -OCH3 is 1. The second kappa shape index (κ2) is 6.19. The summed E-state index contributed by atoms with van der Waals surface area (Å²) in [4.78, 5) is 4.39. The van der Waals surface area contributed by atoms with Crippen molar-refractivity contribution in [1.29, 1.82) is 0 Å². The SMILES string of the molecule is COCc1nc2n(n1)CCCC2NS(=O)(=O)CC(C)C. The molecule has 1 unspecified atom stereocenters. The first kappa shape index (κ1) is 15.4. The van der Waals surface area contributed by atoms with Crippen molar-refractivity contribution < 1.29 is 13.2 Å². The van der Waals surface area contributed by atoms with Crippen molar-refractivity contribution in [3.05, 3.63) is 11.6 Å². The van der Waals surface area contributed by atoms with E-state index in [1.807, 2.05) is 13.8 Å². The number of ether oxygens (including phenoxy) is 1. The zero-order valence-corrected chi connectivity index (χ0v) is 13.0. The maximum Gasteiger partial charge on any atom is 0.212 e. The molecular formula is C12H22N4O3S. The van der Waals surface area contributed by atoms with Crippen LogP contribution in [0.25, 0.3) is 0 Å². The molecule has 1 N–H and O–H groups in total. The zero-order valence-electron chi connectivity index (χ0n) is 12.2. The van der Waals surface area contributed by atoms with Gasteiger partial charge < -0.3 is 4.74 Å². The average Bonchev–Trinajstić information content (AvgIpc) is 2.71. The summed E-state index contributed by atoms with van der Waals surface area (Å²) >= 11 is 0. The number of hydrogen-bond acceptors (Lipinski definition) is 5. The monoisotopic (exact) mass is 302 g/mol. The van der Waals surface area contributed by atoms with Crippen LogP contribution in [-0.4, -0.2) is 36.0 Å². The van der Waals surface area contributed by atoms with Crippen LogP contribution in [0.2, 0.25) is 0 Å². The summed E-state index contributed by atoms with van der Waals surface area (Å²) in [6.45, 7) is 4.89. The average molecular weight is 302 g/mol. The number of fused-ring (bicyclic) bond motifs is 1. The topological polar surface area (TPSA) is 86.1 Å². The fourth-order valence-corrected chi connectivity index (χ4v) is 4.04. The molecule has 2 heterocycles. The lowest BCUT2D eigenvalue weighted by molar-refractivity contribution is 0.177. The highest BCUT2D eigenvalue weighted by Gasteiger charge is 2.28. The van der Waals surface area contributed by atoms with E-state index in [2.05, 4.69) is 14.8 Å². The Morgan fingerprint density at radius 2 is 2.25 bits per heavy atom. The fourth-order valence-electron chi connectivity index (χ4n) is 2.41. The smallest absolute Gasteiger partial charge is 0.212 e. The third-order valence-electron chi connectivity index (χ3n) is 3.07. The molecule has 1 aliphatic heterocycles. The second-order valence-electron chi connectivity index (χ2n) is 5.53. The molecule has 0 aromatic carbocycles. The van der Waals surface area contributed by atoms with E-state index in [1.165, 1.54) is 0 Å². The molecule has 1 atom stereocenters. The van der Waals surface area contributed by atoms with Crippen molar-refractivity contribution >= 4 is 10.0 Å². The standard InChI is InChI=1S/C12H22N4O3S/c1-9(2)8-20(17,18)15-10-5-4-6-16-12(10)13-11(14-16)7-19-3/h9-10,15H,4-8H2,1-3H3. The van der Waals surface area contributed by atoms with Crippen molar-refractivity contribution in [2.75, 3.05) is 12.9 Å². The van der Waals surface area contributed by atoms with E-state index in [0.29, 0.717) is 18.3 Å². The lowest BCUT2D eigenvalue weighted by Crippen LogP contribution is -2.35. The van der Waals surface area contributed by atoms with E-state index in [9.17, 15) is 8.42 Å². The molecule has 2 rings (SSSR count). The molecule has 0 aliphatic carbocycles. The van der Waals surface area contributed by atoms with Crippen LogP contribution in [0.4, 0.5) is 0 Å². The van der Waals surface area contributed by atoms with Gasteiger partial charge >= 0.3 is 0 Å². The van der Waals surface area contributed by atoms with Gasteiger partial charge in [0.15, 0.2) is 5.82 Å². The van der Waals surface area contributed by atoms with E-state index >= 15 is 0 Å². The Balaban J connectivity index is 2.16. The lowest BCUT2D eigenvalue weighted by Gasteiger charge is -2.23. The second-order valence-corrected chi connectivity index (χ2v) is 7.33. The molecule has 20 heavy (non-hydrogen) atoms. The molecule has 1 aromatic heterocycles. The Hall–Kier alpha value is -0.990. The number of hydrogen-bond donors (Lipinski definition) is 1. The van der Waals surface area contributed by atoms with Crippen LogP contribution in [-0.2, 0) is 27.9 Å². The predicted molar refractivity (Wildman–Crippen MR) is 74.5 cm³/mol. The van der Waals surface area contributed by atoms with E-state index in [0.717, 1.165) is 19.4 Å². The summed E-state index contributed by atoms with van der Waals surface area (Å²) in [6, 6.07) is -0.286. The first-order chi connectivity index (χ1) is 9.41. The molecule has 1 aromatic rings. The zero-order chi connectivity index (χ0) is 14.8. The summed E-state index contributed by atoms with van der Waals surface area (Å²) < 4.78 is 33.7. The molecule has 0 bridgehead atoms. The minimum absolute atomic E-state index is 0.0954. The Bertz CT molecular complexity index is 553. The number of rotatable bonds is 6. The molecular weight excluding hydrogens is 280 g/mol. The molecule has 8 heteroatoms. The van der Waals surface area contributed by atoms with E-state index in [4.69, 9.17) is 4.74 Å². The van der Waals surface area contributed by atoms with Crippen molar-refractivity contribution in [3.8, 4) is 0 Å². The van der Waals surface area contributed by atoms with Gasteiger partial charge in [0.1, 0.15) is 12.4 Å². The highest BCUT2D eigenvalue weighted by atomic mass is 32.2. The molecule has 0 fully saturated rings. The number of aryl methyl sites for hydroxylation is 1. The van der Waals surface area contributed by atoms with Crippen molar-refractivity contribution in [1.82, 2.24) is 19.5 Å². The molecule has 7 nitrogen and oxygen atoms in total. The lowest BCUT2D eigenvalue weighted by atomic mass is 10.1. The molecule has 0 saturated heterocycles. The highest BCUT2D eigenvalue weighted by molar-refractivity contribution is 7.89. The van der Waals surface area contributed by atoms with Crippen molar-refractivity contribution in [2.45, 2.75) is 45.9 Å². The Morgan fingerprint density at radius 1 is 1.50 bits per heavy atom. The quantitative estimate of drug-likeness (QED) is 0.841. The van der Waals surface area contributed by atoms with Gasteiger partial charge in [0, 0.05) is 13.7 Å². The van der Waals surface area contributed by atoms with Crippen molar-refractivity contribution in [2.24, 2.45) is 5.92 Å². The van der Waals surface area contributed by atoms with Gasteiger partial charge in [0.05, 0.1) is 11.8 Å². The molecule has 0 saturated carbocycles. The maximum atomic E-state index is 12.1. The third kappa shape index (κ3) is 3.77. The summed E-state index contributed by atoms with van der Waals surface area (Å²) in [6.07, 6.45) is 1.64. The summed E-state index contributed by atoms with van der Waals surface area (Å²) in [7, 11) is -1.70. The predicted octanol–water partition coefficient (Wildman–Crippen LogP) is 0.835. The highest BCUT2D eigenvalue weighted by Crippen LogP contribution is 2.24. The van der Waals surface area contributed by atoms with Crippen molar-refractivity contribution in [3.63, 3.8) is 0 Å². The van der Waals surface area contributed by atoms with Crippen LogP contribution in [0.5, 0.6) is 0 Å². The summed E-state index contributed by atoms with van der Waals surface area (Å²) in [5, 5.41) is 4.33. The number of nitrogens with zero attached hydrogens (tertiary/aromatic N) is 3. The van der Waals surface area contributed by atoms with Crippen LogP contribution in [0.3, 0.4) is 0 Å². The van der Waals surface area contributed by atoms with E-state index in [1.54, 1.807) is 11.8 Å². The Morgan fingerprint density at radius 3 is 2.90 bits per heavy atom. The molecule has 0 amide bonds. The van der Waals surface area contributed by atoms with Crippen LogP contribution in [0.1, 0.15) is 44.4 Å². The van der Waals surface area contributed by atoms with Gasteiger partial charge in [0.2, 0.25) is 10.0 Å². The third-order valence-corrected chi connectivity index (χ3v) is 4.82. The number of nitrogens with one attached hydrogen (secondary N) is 1. The van der Waals surface area contributed by atoms with E-state index in [-0.39, 0.29) is 17.7 Å². The van der Waals surface area contributed by atoms with Crippen LogP contribution >= 0.6 is 0 Å². The van der Waals surface area contributed by atoms with E-state index < -0.39 is 10.0 Å². The summed E-state index contributed by atoms with van der Waals surface area (Å²) in [5.41, 5.74) is 0. The van der Waals surface area contributed by atoms with Gasteiger partial charge in [-0.1, -0.05) is 13.8 Å². The first-order valence-corrected chi connectivity index (χ1v) is 8.49. The van der Waals surface area contributed by atoms with Crippen LogP contribution in [0, 0.1) is 5.92 Å². The van der Waals surface area contributed by atoms with Gasteiger partial charge in [-0.3, -0.25) is 0 Å². The molecule has 0 spiro atoms. The van der Waals surface area contributed by atoms with Crippen LogP contribution < -0.4 is 4.72 Å². The van der Waals surface area contributed by atoms with Gasteiger partial charge in [-0.2, -0.15) is 5.10 Å². The first-order valence-electron chi connectivity index (χ1n) is 6.84. The Kier molecular flexibility index (Phi) is 4.77. The largest absolute Gasteiger partial charge is 0.377 e. The minimum atomic E-state index is -3.29. The van der Waals surface area contributed by atoms with Crippen LogP contribution in [0.15, 0.2) is 0 Å². The van der Waals surface area contributed by atoms with Gasteiger partial charge in [0.25, 0.3) is 0 Å². The normalized spacial score (nSPS) is 19.3. The van der Waals surface area contributed by atoms with Gasteiger partial charge in [-0.25, -0.2) is 22.8 Å². The Labute approximate surface area is 119 Å². The maximum absolute atomic E-state index is 12.1. The fraction of sp³-hybridized carbons (Fsp3) is 0.833. The minimum Gasteiger partial charge on any atom is -0.377 e.